The minimum atomic E-state index is -0.902. The summed E-state index contributed by atoms with van der Waals surface area (Å²) >= 11 is 0. The van der Waals surface area contributed by atoms with E-state index in [4.69, 9.17) is 14.3 Å². The summed E-state index contributed by atoms with van der Waals surface area (Å²) in [7, 11) is 3.06. The predicted octanol–water partition coefficient (Wildman–Crippen LogP) is 2.99. The van der Waals surface area contributed by atoms with Crippen molar-refractivity contribution in [1.82, 2.24) is 0 Å². The summed E-state index contributed by atoms with van der Waals surface area (Å²) in [5.74, 6) is 0.637. The van der Waals surface area contributed by atoms with E-state index in [9.17, 15) is 14.9 Å². The Balaban J connectivity index is 1.95. The molecule has 2 aromatic rings. The van der Waals surface area contributed by atoms with Gasteiger partial charge in [0.15, 0.2) is 11.5 Å². The Labute approximate surface area is 155 Å². The number of anilines is 1. The lowest BCUT2D eigenvalue weighted by Crippen LogP contribution is -2.26. The maximum atomic E-state index is 12.1. The van der Waals surface area contributed by atoms with Crippen molar-refractivity contribution >= 4 is 23.5 Å². The maximum Gasteiger partial charge on any atom is 0.271 e. The topological polar surface area (TPSA) is 112 Å². The molecule has 1 unspecified atom stereocenters. The number of non-ortho nitro benzene ring substituents is 1. The number of methoxy groups -OCH3 is 2. The minimum absolute atomic E-state index is 0.118. The number of rotatable bonds is 8. The summed E-state index contributed by atoms with van der Waals surface area (Å²) in [6.07, 6.45) is 0.527. The van der Waals surface area contributed by atoms with E-state index in [1.54, 1.807) is 24.3 Å². The number of nitrogens with zero attached hydrogens (tertiary/aromatic N) is 2. The van der Waals surface area contributed by atoms with Crippen molar-refractivity contribution in [1.29, 1.82) is 0 Å². The maximum absolute atomic E-state index is 12.1. The van der Waals surface area contributed by atoms with Gasteiger partial charge in [0.2, 0.25) is 6.10 Å². The predicted molar refractivity (Wildman–Crippen MR) is 99.4 cm³/mol. The number of carbonyl (C=O) groups excluding carboxylic acids is 1. The van der Waals surface area contributed by atoms with Crippen LogP contribution in [0.5, 0.6) is 11.5 Å². The van der Waals surface area contributed by atoms with Crippen LogP contribution < -0.4 is 14.8 Å². The molecular formula is C18H19N3O6. The molecule has 0 spiro atoms. The summed E-state index contributed by atoms with van der Waals surface area (Å²) in [5.41, 5.74) is 0.875. The third-order valence-electron chi connectivity index (χ3n) is 3.52. The number of hydrogen-bond donors (Lipinski definition) is 1. The molecule has 0 saturated heterocycles. The zero-order chi connectivity index (χ0) is 19.8. The molecular weight excluding hydrogens is 354 g/mol. The standard InChI is InChI=1S/C18H19N3O6/c1-12(18(22)20-14-5-4-6-15(10-14)21(23)24)27-19-11-13-7-8-16(25-2)17(9-13)26-3/h4-12H,1-3H3,(H,20,22)/b19-11+. The van der Waals surface area contributed by atoms with Gasteiger partial charge in [-0.25, -0.2) is 0 Å². The van der Waals surface area contributed by atoms with Crippen LogP contribution in [0.25, 0.3) is 0 Å². The summed E-state index contributed by atoms with van der Waals surface area (Å²) < 4.78 is 10.3. The smallest absolute Gasteiger partial charge is 0.271 e. The molecule has 0 aromatic heterocycles. The highest BCUT2D eigenvalue weighted by atomic mass is 16.6. The monoisotopic (exact) mass is 373 g/mol. The van der Waals surface area contributed by atoms with E-state index >= 15 is 0 Å². The lowest BCUT2D eigenvalue weighted by atomic mass is 10.2. The second-order valence-corrected chi connectivity index (χ2v) is 5.39. The van der Waals surface area contributed by atoms with Crippen LogP contribution in [0, 0.1) is 10.1 Å². The molecule has 0 saturated carbocycles. The number of carbonyl (C=O) groups is 1. The molecule has 9 heteroatoms. The number of nitro benzene ring substituents is 1. The SMILES string of the molecule is COc1ccc(/C=N/OC(C)C(=O)Nc2cccc([N+](=O)[O-])c2)cc1OC. The van der Waals surface area contributed by atoms with E-state index in [1.807, 2.05) is 0 Å². The third kappa shape index (κ3) is 5.43. The zero-order valence-electron chi connectivity index (χ0n) is 15.0. The molecule has 0 aliphatic rings. The average Bonchev–Trinajstić information content (AvgIpc) is 2.67. The van der Waals surface area contributed by atoms with Crippen LogP contribution >= 0.6 is 0 Å². The first-order valence-corrected chi connectivity index (χ1v) is 7.91. The number of ether oxygens (including phenoxy) is 2. The van der Waals surface area contributed by atoms with E-state index < -0.39 is 16.9 Å². The van der Waals surface area contributed by atoms with Crippen molar-refractivity contribution in [3.8, 4) is 11.5 Å². The van der Waals surface area contributed by atoms with Gasteiger partial charge in [-0.2, -0.15) is 0 Å². The van der Waals surface area contributed by atoms with E-state index in [-0.39, 0.29) is 5.69 Å². The normalized spacial score (nSPS) is 11.7. The second kappa shape index (κ2) is 9.18. The molecule has 0 heterocycles. The fraction of sp³-hybridized carbons (Fsp3) is 0.222. The molecule has 2 aromatic carbocycles. The van der Waals surface area contributed by atoms with Crippen LogP contribution in [0.1, 0.15) is 12.5 Å². The Bertz CT molecular complexity index is 853. The third-order valence-corrected chi connectivity index (χ3v) is 3.52. The largest absolute Gasteiger partial charge is 0.493 e. The van der Waals surface area contributed by atoms with Crippen molar-refractivity contribution in [3.05, 3.63) is 58.1 Å². The lowest BCUT2D eigenvalue weighted by molar-refractivity contribution is -0.384. The van der Waals surface area contributed by atoms with Gasteiger partial charge in [0.05, 0.1) is 25.4 Å². The molecule has 1 N–H and O–H groups in total. The van der Waals surface area contributed by atoms with Gasteiger partial charge in [0, 0.05) is 23.4 Å². The number of benzene rings is 2. The number of oxime groups is 1. The fourth-order valence-corrected chi connectivity index (χ4v) is 2.10. The first-order chi connectivity index (χ1) is 12.9. The lowest BCUT2D eigenvalue weighted by Gasteiger charge is -2.10. The van der Waals surface area contributed by atoms with Gasteiger partial charge in [-0.1, -0.05) is 11.2 Å². The molecule has 27 heavy (non-hydrogen) atoms. The van der Waals surface area contributed by atoms with Crippen LogP contribution in [-0.2, 0) is 9.63 Å². The van der Waals surface area contributed by atoms with E-state index in [1.165, 1.54) is 45.6 Å². The molecule has 0 bridgehead atoms. The van der Waals surface area contributed by atoms with E-state index in [2.05, 4.69) is 10.5 Å². The highest BCUT2D eigenvalue weighted by molar-refractivity contribution is 5.94. The molecule has 1 amide bonds. The van der Waals surface area contributed by atoms with Crippen LogP contribution in [0.4, 0.5) is 11.4 Å². The highest BCUT2D eigenvalue weighted by Crippen LogP contribution is 2.26. The molecule has 2 rings (SSSR count). The van der Waals surface area contributed by atoms with E-state index in [0.717, 1.165) is 0 Å². The highest BCUT2D eigenvalue weighted by Gasteiger charge is 2.15. The zero-order valence-corrected chi connectivity index (χ0v) is 15.0. The minimum Gasteiger partial charge on any atom is -0.493 e. The Kier molecular flexibility index (Phi) is 6.70. The number of amides is 1. The van der Waals surface area contributed by atoms with Crippen LogP contribution in [0.2, 0.25) is 0 Å². The molecule has 9 nitrogen and oxygen atoms in total. The number of nitro groups is 1. The molecule has 0 fully saturated rings. The van der Waals surface area contributed by atoms with Gasteiger partial charge >= 0.3 is 0 Å². The van der Waals surface area contributed by atoms with Crippen LogP contribution in [0.3, 0.4) is 0 Å². The Hall–Kier alpha value is -3.62. The van der Waals surface area contributed by atoms with Gasteiger partial charge in [-0.15, -0.1) is 0 Å². The number of hydrogen-bond acceptors (Lipinski definition) is 7. The van der Waals surface area contributed by atoms with Crippen LogP contribution in [-0.4, -0.2) is 37.4 Å². The van der Waals surface area contributed by atoms with Gasteiger partial charge < -0.3 is 19.6 Å². The van der Waals surface area contributed by atoms with Crippen molar-refractivity contribution < 1.29 is 24.0 Å². The summed E-state index contributed by atoms with van der Waals surface area (Å²) in [4.78, 5) is 27.5. The molecule has 0 aliphatic carbocycles. The second-order valence-electron chi connectivity index (χ2n) is 5.39. The Morgan fingerprint density at radius 3 is 2.59 bits per heavy atom. The molecule has 0 radical (unpaired) electrons. The molecule has 142 valence electrons. The Morgan fingerprint density at radius 1 is 1.19 bits per heavy atom. The summed E-state index contributed by atoms with van der Waals surface area (Å²) in [6.45, 7) is 1.51. The van der Waals surface area contributed by atoms with Gasteiger partial charge in [0.25, 0.3) is 11.6 Å². The number of nitrogens with one attached hydrogen (secondary N) is 1. The van der Waals surface area contributed by atoms with Crippen molar-refractivity contribution in [3.63, 3.8) is 0 Å². The molecule has 1 atom stereocenters. The first-order valence-electron chi connectivity index (χ1n) is 7.91. The van der Waals surface area contributed by atoms with Gasteiger partial charge in [-0.3, -0.25) is 14.9 Å². The van der Waals surface area contributed by atoms with E-state index in [0.29, 0.717) is 22.7 Å². The van der Waals surface area contributed by atoms with Gasteiger partial charge in [-0.05, 0) is 31.2 Å². The quantitative estimate of drug-likeness (QED) is 0.432. The first kappa shape index (κ1) is 19.7. The van der Waals surface area contributed by atoms with Crippen molar-refractivity contribution in [2.45, 2.75) is 13.0 Å². The molecule has 0 aliphatic heterocycles. The summed E-state index contributed by atoms with van der Waals surface area (Å²) in [6, 6.07) is 10.8. The van der Waals surface area contributed by atoms with Crippen molar-refractivity contribution in [2.24, 2.45) is 5.16 Å². The van der Waals surface area contributed by atoms with Crippen molar-refractivity contribution in [2.75, 3.05) is 19.5 Å². The Morgan fingerprint density at radius 2 is 1.93 bits per heavy atom. The average molecular weight is 373 g/mol. The summed E-state index contributed by atoms with van der Waals surface area (Å²) in [5, 5.41) is 17.1. The fourth-order valence-electron chi connectivity index (χ4n) is 2.10. The van der Waals surface area contributed by atoms with Crippen LogP contribution in [0.15, 0.2) is 47.6 Å². The van der Waals surface area contributed by atoms with Gasteiger partial charge in [0.1, 0.15) is 0 Å².